The van der Waals surface area contributed by atoms with Gasteiger partial charge in [-0.25, -0.2) is 9.97 Å². The molecule has 0 unspecified atom stereocenters. The zero-order valence-electron chi connectivity index (χ0n) is 9.81. The van der Waals surface area contributed by atoms with Crippen molar-refractivity contribution in [3.05, 3.63) is 39.9 Å². The number of imidazole rings is 1. The largest absolute Gasteiger partial charge is 0.369 e. The van der Waals surface area contributed by atoms with Crippen molar-refractivity contribution in [2.45, 2.75) is 19.4 Å². The van der Waals surface area contributed by atoms with Crippen LogP contribution >= 0.6 is 31.9 Å². The fraction of sp³-hybridized carbons (Fsp3) is 0.333. The van der Waals surface area contributed by atoms with Crippen molar-refractivity contribution in [2.75, 3.05) is 11.9 Å². The molecule has 0 atom stereocenters. The minimum atomic E-state index is 0.890. The van der Waals surface area contributed by atoms with Crippen LogP contribution in [0.4, 0.5) is 5.82 Å². The first-order valence-electron chi connectivity index (χ1n) is 5.76. The van der Waals surface area contributed by atoms with E-state index in [2.05, 4.69) is 51.7 Å². The SMILES string of the molecule is Brc1cnc(NCCCCn2ccnc2)c(Br)c1. The highest BCUT2D eigenvalue weighted by molar-refractivity contribution is 9.11. The van der Waals surface area contributed by atoms with Crippen molar-refractivity contribution < 1.29 is 0 Å². The fourth-order valence-corrected chi connectivity index (χ4v) is 2.72. The lowest BCUT2D eigenvalue weighted by atomic mass is 10.3. The van der Waals surface area contributed by atoms with Crippen molar-refractivity contribution in [3.63, 3.8) is 0 Å². The van der Waals surface area contributed by atoms with Gasteiger partial charge in [-0.1, -0.05) is 0 Å². The molecule has 0 aliphatic carbocycles. The van der Waals surface area contributed by atoms with Crippen LogP contribution in [0.5, 0.6) is 0 Å². The second-order valence-corrected chi connectivity index (χ2v) is 5.69. The third-order valence-electron chi connectivity index (χ3n) is 2.50. The van der Waals surface area contributed by atoms with Gasteiger partial charge in [-0.2, -0.15) is 0 Å². The molecular weight excluding hydrogens is 360 g/mol. The number of nitrogens with zero attached hydrogens (tertiary/aromatic N) is 3. The highest BCUT2D eigenvalue weighted by Gasteiger charge is 2.01. The van der Waals surface area contributed by atoms with Gasteiger partial charge in [-0.3, -0.25) is 0 Å². The third kappa shape index (κ3) is 4.10. The van der Waals surface area contributed by atoms with Crippen LogP contribution in [-0.2, 0) is 6.54 Å². The molecule has 18 heavy (non-hydrogen) atoms. The van der Waals surface area contributed by atoms with Crippen molar-refractivity contribution in [1.29, 1.82) is 0 Å². The van der Waals surface area contributed by atoms with E-state index < -0.39 is 0 Å². The van der Waals surface area contributed by atoms with Gasteiger partial charge in [0, 0.05) is 36.2 Å². The van der Waals surface area contributed by atoms with Crippen LogP contribution in [0.25, 0.3) is 0 Å². The van der Waals surface area contributed by atoms with Gasteiger partial charge in [0.2, 0.25) is 0 Å². The van der Waals surface area contributed by atoms with Gasteiger partial charge in [0.15, 0.2) is 0 Å². The molecule has 2 rings (SSSR count). The lowest BCUT2D eigenvalue weighted by Gasteiger charge is -2.07. The molecule has 0 spiro atoms. The molecule has 0 saturated heterocycles. The summed E-state index contributed by atoms with van der Waals surface area (Å²) in [5.74, 6) is 0.890. The van der Waals surface area contributed by atoms with E-state index in [1.54, 1.807) is 12.4 Å². The Morgan fingerprint density at radius 1 is 1.28 bits per heavy atom. The normalized spacial score (nSPS) is 10.6. The van der Waals surface area contributed by atoms with Gasteiger partial charge < -0.3 is 9.88 Å². The maximum Gasteiger partial charge on any atom is 0.140 e. The molecule has 1 N–H and O–H groups in total. The lowest BCUT2D eigenvalue weighted by molar-refractivity contribution is 0.620. The van der Waals surface area contributed by atoms with Gasteiger partial charge >= 0.3 is 0 Å². The Balaban J connectivity index is 1.69. The number of aryl methyl sites for hydroxylation is 1. The van der Waals surface area contributed by atoms with Gasteiger partial charge in [-0.05, 0) is 50.8 Å². The second-order valence-electron chi connectivity index (χ2n) is 3.92. The number of nitrogens with one attached hydrogen (secondary N) is 1. The van der Waals surface area contributed by atoms with E-state index in [1.165, 1.54) is 0 Å². The van der Waals surface area contributed by atoms with Crippen LogP contribution in [0.2, 0.25) is 0 Å². The number of rotatable bonds is 6. The number of anilines is 1. The van der Waals surface area contributed by atoms with E-state index in [9.17, 15) is 0 Å². The molecule has 2 aromatic rings. The summed E-state index contributed by atoms with van der Waals surface area (Å²) in [5, 5.41) is 3.32. The minimum absolute atomic E-state index is 0.890. The Hall–Kier alpha value is -0.880. The van der Waals surface area contributed by atoms with E-state index >= 15 is 0 Å². The molecular formula is C12H14Br2N4. The average Bonchev–Trinajstić information content (AvgIpc) is 2.84. The quantitative estimate of drug-likeness (QED) is 0.785. The molecule has 6 heteroatoms. The van der Waals surface area contributed by atoms with E-state index in [4.69, 9.17) is 0 Å². The van der Waals surface area contributed by atoms with Crippen molar-refractivity contribution in [3.8, 4) is 0 Å². The Kier molecular flexibility index (Phi) is 5.19. The molecule has 0 saturated carbocycles. The molecule has 0 fully saturated rings. The van der Waals surface area contributed by atoms with Crippen LogP contribution in [0.3, 0.4) is 0 Å². The minimum Gasteiger partial charge on any atom is -0.369 e. The monoisotopic (exact) mass is 372 g/mol. The summed E-state index contributed by atoms with van der Waals surface area (Å²) in [6, 6.07) is 1.99. The summed E-state index contributed by atoms with van der Waals surface area (Å²) in [5.41, 5.74) is 0. The molecule has 0 bridgehead atoms. The maximum absolute atomic E-state index is 4.31. The predicted octanol–water partition coefficient (Wildman–Crippen LogP) is 3.70. The Labute approximate surface area is 123 Å². The van der Waals surface area contributed by atoms with Crippen LogP contribution in [0.15, 0.2) is 39.9 Å². The Morgan fingerprint density at radius 2 is 2.17 bits per heavy atom. The van der Waals surface area contributed by atoms with Gasteiger partial charge in [0.1, 0.15) is 5.82 Å². The standard InChI is InChI=1S/C12H14Br2N4/c13-10-7-11(14)12(17-8-10)16-3-1-2-5-18-6-4-15-9-18/h4,6-9H,1-3,5H2,(H,16,17). The number of aromatic nitrogens is 3. The molecule has 0 aliphatic rings. The number of halogens is 2. The third-order valence-corrected chi connectivity index (χ3v) is 3.54. The van der Waals surface area contributed by atoms with Gasteiger partial charge in [-0.15, -0.1) is 0 Å². The van der Waals surface area contributed by atoms with Gasteiger partial charge in [0.05, 0.1) is 10.8 Å². The van der Waals surface area contributed by atoms with E-state index in [-0.39, 0.29) is 0 Å². The van der Waals surface area contributed by atoms with E-state index in [0.29, 0.717) is 0 Å². The van der Waals surface area contributed by atoms with Crippen molar-refractivity contribution in [1.82, 2.24) is 14.5 Å². The summed E-state index contributed by atoms with van der Waals surface area (Å²) in [7, 11) is 0. The molecule has 0 aromatic carbocycles. The molecule has 4 nitrogen and oxygen atoms in total. The zero-order valence-corrected chi connectivity index (χ0v) is 13.0. The second kappa shape index (κ2) is 6.89. The summed E-state index contributed by atoms with van der Waals surface area (Å²) >= 11 is 6.86. The average molecular weight is 374 g/mol. The topological polar surface area (TPSA) is 42.7 Å². The molecule has 0 amide bonds. The highest BCUT2D eigenvalue weighted by atomic mass is 79.9. The molecule has 2 heterocycles. The first-order chi connectivity index (χ1) is 8.75. The van der Waals surface area contributed by atoms with Crippen molar-refractivity contribution in [2.24, 2.45) is 0 Å². The highest BCUT2D eigenvalue weighted by Crippen LogP contribution is 2.23. The van der Waals surface area contributed by atoms with Crippen LogP contribution < -0.4 is 5.32 Å². The van der Waals surface area contributed by atoms with Crippen LogP contribution in [-0.4, -0.2) is 21.1 Å². The number of hydrogen-bond donors (Lipinski definition) is 1. The molecule has 0 aliphatic heterocycles. The van der Waals surface area contributed by atoms with Crippen molar-refractivity contribution >= 4 is 37.7 Å². The zero-order chi connectivity index (χ0) is 12.8. The summed E-state index contributed by atoms with van der Waals surface area (Å²) in [6.07, 6.45) is 9.65. The molecule has 96 valence electrons. The van der Waals surface area contributed by atoms with Gasteiger partial charge in [0.25, 0.3) is 0 Å². The molecule has 0 radical (unpaired) electrons. The van der Waals surface area contributed by atoms with Crippen LogP contribution in [0, 0.1) is 0 Å². The Bertz CT molecular complexity index is 485. The fourth-order valence-electron chi connectivity index (χ4n) is 1.59. The predicted molar refractivity (Wildman–Crippen MR) is 79.6 cm³/mol. The lowest BCUT2D eigenvalue weighted by Crippen LogP contribution is -2.05. The number of pyridine rings is 1. The van der Waals surface area contributed by atoms with E-state index in [0.717, 1.165) is 40.7 Å². The van der Waals surface area contributed by atoms with E-state index in [1.807, 2.05) is 18.6 Å². The first-order valence-corrected chi connectivity index (χ1v) is 7.35. The number of hydrogen-bond acceptors (Lipinski definition) is 3. The first kappa shape index (κ1) is 13.5. The number of unbranched alkanes of at least 4 members (excludes halogenated alkanes) is 1. The summed E-state index contributed by atoms with van der Waals surface area (Å²) in [4.78, 5) is 8.32. The van der Waals surface area contributed by atoms with Crippen LogP contribution in [0.1, 0.15) is 12.8 Å². The Morgan fingerprint density at radius 3 is 2.89 bits per heavy atom. The maximum atomic E-state index is 4.31. The smallest absolute Gasteiger partial charge is 0.140 e. The summed E-state index contributed by atoms with van der Waals surface area (Å²) in [6.45, 7) is 1.93. The molecule has 2 aromatic heterocycles. The summed E-state index contributed by atoms with van der Waals surface area (Å²) < 4.78 is 4.04.